The number of rotatable bonds is 6. The van der Waals surface area contributed by atoms with Crippen molar-refractivity contribution in [2.75, 3.05) is 5.32 Å². The second kappa shape index (κ2) is 7.53. The molecule has 0 aliphatic rings. The topological polar surface area (TPSA) is 98.1 Å². The summed E-state index contributed by atoms with van der Waals surface area (Å²) in [4.78, 5) is 28.4. The van der Waals surface area contributed by atoms with Gasteiger partial charge in [0.25, 0.3) is 5.56 Å². The van der Waals surface area contributed by atoms with E-state index in [4.69, 9.17) is 0 Å². The molecule has 142 valence electrons. The van der Waals surface area contributed by atoms with E-state index in [0.717, 1.165) is 6.07 Å². The number of carbonyl (C=O) groups excluding carboxylic acids is 1. The Hall–Kier alpha value is -2.66. The zero-order valence-corrected chi connectivity index (χ0v) is 15.3. The van der Waals surface area contributed by atoms with Crippen LogP contribution in [0.4, 0.5) is 14.5 Å². The number of sulfone groups is 1. The molecule has 0 fully saturated rings. The van der Waals surface area contributed by atoms with E-state index in [1.807, 2.05) is 0 Å². The normalized spacial score (nSPS) is 11.8. The molecule has 0 spiro atoms. The van der Waals surface area contributed by atoms with Crippen molar-refractivity contribution in [1.82, 2.24) is 9.55 Å². The van der Waals surface area contributed by atoms with Gasteiger partial charge in [0.15, 0.2) is 0 Å². The van der Waals surface area contributed by atoms with E-state index in [2.05, 4.69) is 10.3 Å². The Morgan fingerprint density at radius 3 is 2.74 bits per heavy atom. The van der Waals surface area contributed by atoms with Crippen molar-refractivity contribution >= 4 is 43.0 Å². The molecule has 0 bridgehead atoms. The number of aromatic nitrogens is 2. The lowest BCUT2D eigenvalue weighted by Gasteiger charge is -2.11. The first-order valence-corrected chi connectivity index (χ1v) is 10.1. The standard InChI is InChI=1S/C16H13F2N3O4S2/c17-16(18)27(24,25)12-4-2-1-3-11(12)20-13(22)5-7-21-9-19-14-10(15(21)23)6-8-26-14/h1-4,6,8-9,16H,5,7H2,(H,20,22). The van der Waals surface area contributed by atoms with Crippen LogP contribution in [0, 0.1) is 0 Å². The monoisotopic (exact) mass is 413 g/mol. The second-order valence-electron chi connectivity index (χ2n) is 5.48. The summed E-state index contributed by atoms with van der Waals surface area (Å²) in [7, 11) is -4.86. The Labute approximate surface area is 156 Å². The molecule has 2 heterocycles. The van der Waals surface area contributed by atoms with Gasteiger partial charge in [0, 0.05) is 13.0 Å². The number of benzene rings is 1. The van der Waals surface area contributed by atoms with E-state index in [1.54, 1.807) is 11.4 Å². The van der Waals surface area contributed by atoms with Crippen molar-refractivity contribution in [3.63, 3.8) is 0 Å². The van der Waals surface area contributed by atoms with Crippen molar-refractivity contribution in [2.24, 2.45) is 0 Å². The largest absolute Gasteiger partial charge is 0.341 e. The summed E-state index contributed by atoms with van der Waals surface area (Å²) in [5.74, 6) is -4.22. The van der Waals surface area contributed by atoms with Crippen molar-refractivity contribution in [1.29, 1.82) is 0 Å². The third kappa shape index (κ3) is 3.88. The van der Waals surface area contributed by atoms with Crippen molar-refractivity contribution in [3.05, 3.63) is 52.4 Å². The fraction of sp³-hybridized carbons (Fsp3) is 0.188. The Morgan fingerprint density at radius 1 is 1.26 bits per heavy atom. The number of hydrogen-bond acceptors (Lipinski definition) is 6. The number of amides is 1. The molecule has 11 heteroatoms. The summed E-state index contributed by atoms with van der Waals surface area (Å²) in [5, 5.41) is 4.48. The van der Waals surface area contributed by atoms with E-state index >= 15 is 0 Å². The van der Waals surface area contributed by atoms with Gasteiger partial charge < -0.3 is 5.32 Å². The van der Waals surface area contributed by atoms with Crippen LogP contribution in [0.5, 0.6) is 0 Å². The number of hydrogen-bond donors (Lipinski definition) is 1. The Kier molecular flexibility index (Phi) is 5.33. The van der Waals surface area contributed by atoms with E-state index in [1.165, 1.54) is 40.4 Å². The average molecular weight is 413 g/mol. The first-order valence-electron chi connectivity index (χ1n) is 7.64. The fourth-order valence-corrected chi connectivity index (χ4v) is 4.01. The number of nitrogens with zero attached hydrogens (tertiary/aromatic N) is 2. The first-order chi connectivity index (χ1) is 12.8. The minimum Gasteiger partial charge on any atom is -0.325 e. The summed E-state index contributed by atoms with van der Waals surface area (Å²) in [6.07, 6.45) is 1.16. The van der Waals surface area contributed by atoms with Gasteiger partial charge >= 0.3 is 5.76 Å². The highest BCUT2D eigenvalue weighted by atomic mass is 32.2. The van der Waals surface area contributed by atoms with Crippen LogP contribution in [0.25, 0.3) is 10.2 Å². The Balaban J connectivity index is 1.75. The van der Waals surface area contributed by atoms with Gasteiger partial charge in [0.1, 0.15) is 4.83 Å². The number of alkyl halides is 2. The molecule has 3 aromatic rings. The maximum Gasteiger partial charge on any atom is 0.341 e. The van der Waals surface area contributed by atoms with Gasteiger partial charge in [-0.2, -0.15) is 8.78 Å². The van der Waals surface area contributed by atoms with E-state index < -0.39 is 26.4 Å². The van der Waals surface area contributed by atoms with Gasteiger partial charge in [-0.1, -0.05) is 12.1 Å². The van der Waals surface area contributed by atoms with Crippen LogP contribution in [0.3, 0.4) is 0 Å². The minimum absolute atomic E-state index is 0.00716. The van der Waals surface area contributed by atoms with Crippen LogP contribution >= 0.6 is 11.3 Å². The minimum atomic E-state index is -4.86. The Bertz CT molecular complexity index is 1160. The zero-order valence-electron chi connectivity index (χ0n) is 13.6. The maximum absolute atomic E-state index is 12.8. The molecule has 1 N–H and O–H groups in total. The molecule has 0 unspecified atom stereocenters. The first kappa shape index (κ1) is 19.1. The van der Waals surface area contributed by atoms with E-state index in [-0.39, 0.29) is 24.2 Å². The molecule has 3 rings (SSSR count). The van der Waals surface area contributed by atoms with E-state index in [0.29, 0.717) is 10.2 Å². The number of fused-ring (bicyclic) bond motifs is 1. The van der Waals surface area contributed by atoms with Crippen LogP contribution in [0.15, 0.2) is 51.7 Å². The molecular formula is C16H13F2N3O4S2. The molecule has 1 aromatic carbocycles. The zero-order chi connectivity index (χ0) is 19.6. The van der Waals surface area contributed by atoms with Gasteiger partial charge in [-0.3, -0.25) is 14.2 Å². The van der Waals surface area contributed by atoms with Crippen LogP contribution in [0.2, 0.25) is 0 Å². The third-order valence-electron chi connectivity index (χ3n) is 3.73. The van der Waals surface area contributed by atoms with E-state index in [9.17, 15) is 26.8 Å². The second-order valence-corrected chi connectivity index (χ2v) is 8.26. The summed E-state index contributed by atoms with van der Waals surface area (Å²) < 4.78 is 50.2. The van der Waals surface area contributed by atoms with Crippen LogP contribution in [-0.2, 0) is 21.2 Å². The predicted molar refractivity (Wildman–Crippen MR) is 96.8 cm³/mol. The highest BCUT2D eigenvalue weighted by Gasteiger charge is 2.29. The van der Waals surface area contributed by atoms with Gasteiger partial charge in [0.05, 0.1) is 22.3 Å². The van der Waals surface area contributed by atoms with Crippen molar-refractivity contribution in [3.8, 4) is 0 Å². The lowest BCUT2D eigenvalue weighted by atomic mass is 10.3. The van der Waals surface area contributed by atoms with Crippen LogP contribution < -0.4 is 10.9 Å². The van der Waals surface area contributed by atoms with Crippen LogP contribution in [0.1, 0.15) is 6.42 Å². The lowest BCUT2D eigenvalue weighted by Crippen LogP contribution is -2.24. The van der Waals surface area contributed by atoms with Crippen molar-refractivity contribution < 1.29 is 22.0 Å². The number of carbonyl (C=O) groups is 1. The SMILES string of the molecule is O=C(CCn1cnc2sccc2c1=O)Nc1ccccc1S(=O)(=O)C(F)F. The molecule has 1 amide bonds. The van der Waals surface area contributed by atoms with Crippen LogP contribution in [-0.4, -0.2) is 29.6 Å². The molecule has 0 aliphatic carbocycles. The molecule has 2 aromatic heterocycles. The van der Waals surface area contributed by atoms with Gasteiger partial charge in [0.2, 0.25) is 15.7 Å². The van der Waals surface area contributed by atoms with Gasteiger partial charge in [-0.25, -0.2) is 13.4 Å². The number of para-hydroxylation sites is 1. The molecule has 0 atom stereocenters. The molecule has 0 saturated carbocycles. The molecule has 27 heavy (non-hydrogen) atoms. The fourth-order valence-electron chi connectivity index (χ4n) is 2.40. The average Bonchev–Trinajstić information content (AvgIpc) is 3.11. The summed E-state index contributed by atoms with van der Waals surface area (Å²) in [5.41, 5.74) is -0.531. The lowest BCUT2D eigenvalue weighted by molar-refractivity contribution is -0.116. The number of aryl methyl sites for hydroxylation is 1. The number of anilines is 1. The Morgan fingerprint density at radius 2 is 2.00 bits per heavy atom. The number of nitrogens with one attached hydrogen (secondary N) is 1. The highest BCUT2D eigenvalue weighted by Crippen LogP contribution is 2.26. The quantitative estimate of drug-likeness (QED) is 0.670. The molecule has 0 aliphatic heterocycles. The predicted octanol–water partition coefficient (Wildman–Crippen LogP) is 2.48. The molecular weight excluding hydrogens is 400 g/mol. The summed E-state index contributed by atoms with van der Waals surface area (Å²) in [6, 6.07) is 6.55. The molecule has 0 radical (unpaired) electrons. The summed E-state index contributed by atoms with van der Waals surface area (Å²) in [6.45, 7) is 0.00716. The summed E-state index contributed by atoms with van der Waals surface area (Å²) >= 11 is 1.32. The smallest absolute Gasteiger partial charge is 0.325 e. The van der Waals surface area contributed by atoms with Crippen molar-refractivity contribution in [2.45, 2.75) is 23.6 Å². The number of thiophene rings is 1. The third-order valence-corrected chi connectivity index (χ3v) is 5.99. The number of halogens is 2. The molecule has 7 nitrogen and oxygen atoms in total. The highest BCUT2D eigenvalue weighted by molar-refractivity contribution is 7.91. The maximum atomic E-state index is 12.8. The molecule has 0 saturated heterocycles. The van der Waals surface area contributed by atoms with Gasteiger partial charge in [-0.05, 0) is 23.6 Å². The van der Waals surface area contributed by atoms with Gasteiger partial charge in [-0.15, -0.1) is 11.3 Å².